The maximum absolute atomic E-state index is 9.60. The first-order valence-corrected chi connectivity index (χ1v) is 5.81. The van der Waals surface area contributed by atoms with Gasteiger partial charge in [-0.3, -0.25) is 4.98 Å². The summed E-state index contributed by atoms with van der Waals surface area (Å²) in [7, 11) is 0. The third-order valence-electron chi connectivity index (χ3n) is 3.25. The van der Waals surface area contributed by atoms with Crippen molar-refractivity contribution in [3.63, 3.8) is 0 Å². The molecule has 0 amide bonds. The number of rotatable bonds is 1. The Morgan fingerprint density at radius 2 is 2.24 bits per heavy atom. The van der Waals surface area contributed by atoms with Gasteiger partial charge in [-0.05, 0) is 30.7 Å². The molecule has 0 bridgehead atoms. The van der Waals surface area contributed by atoms with Crippen LogP contribution in [0.5, 0.6) is 0 Å². The van der Waals surface area contributed by atoms with Crippen LogP contribution in [0.1, 0.15) is 6.42 Å². The zero-order valence-corrected chi connectivity index (χ0v) is 9.50. The lowest BCUT2D eigenvalue weighted by atomic mass is 10.1. The molecule has 1 saturated heterocycles. The van der Waals surface area contributed by atoms with Gasteiger partial charge in [-0.2, -0.15) is 0 Å². The van der Waals surface area contributed by atoms with Gasteiger partial charge >= 0.3 is 0 Å². The SMILES string of the molecule is Nc1ccc2c(N3CCC(O)C3)ccnc2c1. The fourth-order valence-corrected chi connectivity index (χ4v) is 2.39. The van der Waals surface area contributed by atoms with Crippen LogP contribution in [-0.4, -0.2) is 29.3 Å². The van der Waals surface area contributed by atoms with Crippen LogP contribution in [-0.2, 0) is 0 Å². The number of nitrogens with zero attached hydrogens (tertiary/aromatic N) is 2. The van der Waals surface area contributed by atoms with E-state index in [0.29, 0.717) is 6.54 Å². The molecule has 17 heavy (non-hydrogen) atoms. The number of hydrogen-bond acceptors (Lipinski definition) is 4. The molecule has 3 N–H and O–H groups in total. The fourth-order valence-electron chi connectivity index (χ4n) is 2.39. The number of β-amino-alcohol motifs (C(OH)–C–C–N with tert-alkyl or cyclic N) is 1. The Morgan fingerprint density at radius 3 is 3.00 bits per heavy atom. The van der Waals surface area contributed by atoms with Crippen molar-refractivity contribution < 1.29 is 5.11 Å². The highest BCUT2D eigenvalue weighted by Crippen LogP contribution is 2.29. The van der Waals surface area contributed by atoms with E-state index >= 15 is 0 Å². The zero-order chi connectivity index (χ0) is 11.8. The van der Waals surface area contributed by atoms with Gasteiger partial charge in [0.1, 0.15) is 0 Å². The van der Waals surface area contributed by atoms with Crippen molar-refractivity contribution in [1.29, 1.82) is 0 Å². The highest BCUT2D eigenvalue weighted by molar-refractivity contribution is 5.93. The topological polar surface area (TPSA) is 62.4 Å². The molecule has 1 unspecified atom stereocenters. The van der Waals surface area contributed by atoms with E-state index in [-0.39, 0.29) is 6.10 Å². The second kappa shape index (κ2) is 3.89. The number of aliphatic hydroxyl groups excluding tert-OH is 1. The Labute approximate surface area is 99.7 Å². The first kappa shape index (κ1) is 10.4. The van der Waals surface area contributed by atoms with E-state index in [1.54, 1.807) is 6.20 Å². The monoisotopic (exact) mass is 229 g/mol. The maximum Gasteiger partial charge on any atom is 0.0743 e. The van der Waals surface area contributed by atoms with Crippen LogP contribution in [0.15, 0.2) is 30.5 Å². The Bertz CT molecular complexity index is 555. The number of hydrogen-bond donors (Lipinski definition) is 2. The molecule has 4 heteroatoms. The molecule has 0 radical (unpaired) electrons. The van der Waals surface area contributed by atoms with Gasteiger partial charge in [-0.15, -0.1) is 0 Å². The summed E-state index contributed by atoms with van der Waals surface area (Å²) < 4.78 is 0. The van der Waals surface area contributed by atoms with E-state index < -0.39 is 0 Å². The van der Waals surface area contributed by atoms with Crippen molar-refractivity contribution in [3.8, 4) is 0 Å². The van der Waals surface area contributed by atoms with Gasteiger partial charge < -0.3 is 15.7 Å². The van der Waals surface area contributed by atoms with Gasteiger partial charge in [0.15, 0.2) is 0 Å². The highest BCUT2D eigenvalue weighted by atomic mass is 16.3. The fraction of sp³-hybridized carbons (Fsp3) is 0.308. The van der Waals surface area contributed by atoms with Crippen molar-refractivity contribution >= 4 is 22.3 Å². The molecule has 1 fully saturated rings. The minimum atomic E-state index is -0.216. The molecule has 88 valence electrons. The Balaban J connectivity index is 2.10. The van der Waals surface area contributed by atoms with E-state index in [1.807, 2.05) is 24.3 Å². The van der Waals surface area contributed by atoms with E-state index in [4.69, 9.17) is 5.73 Å². The van der Waals surface area contributed by atoms with Crippen LogP contribution < -0.4 is 10.6 Å². The first-order chi connectivity index (χ1) is 8.24. The maximum atomic E-state index is 9.60. The Kier molecular flexibility index (Phi) is 2.37. The van der Waals surface area contributed by atoms with Gasteiger partial charge in [-0.1, -0.05) is 0 Å². The third-order valence-corrected chi connectivity index (χ3v) is 3.25. The van der Waals surface area contributed by atoms with Gasteiger partial charge in [0.25, 0.3) is 0 Å². The summed E-state index contributed by atoms with van der Waals surface area (Å²) in [5.41, 5.74) is 8.52. The third kappa shape index (κ3) is 1.80. The number of fused-ring (bicyclic) bond motifs is 1. The van der Waals surface area contributed by atoms with Crippen LogP contribution in [0.25, 0.3) is 10.9 Å². The number of benzene rings is 1. The van der Waals surface area contributed by atoms with E-state index in [0.717, 1.165) is 35.2 Å². The normalized spacial score (nSPS) is 20.1. The average Bonchev–Trinajstić information content (AvgIpc) is 2.74. The summed E-state index contributed by atoms with van der Waals surface area (Å²) in [5, 5.41) is 10.7. The lowest BCUT2D eigenvalue weighted by molar-refractivity contribution is 0.198. The van der Waals surface area contributed by atoms with Crippen molar-refractivity contribution in [2.75, 3.05) is 23.7 Å². The Morgan fingerprint density at radius 1 is 1.35 bits per heavy atom. The predicted molar refractivity (Wildman–Crippen MR) is 69.0 cm³/mol. The zero-order valence-electron chi connectivity index (χ0n) is 9.50. The molecule has 0 aliphatic carbocycles. The number of anilines is 2. The van der Waals surface area contributed by atoms with Gasteiger partial charge in [0, 0.05) is 36.0 Å². The summed E-state index contributed by atoms with van der Waals surface area (Å²) in [6, 6.07) is 7.76. The molecule has 2 aromatic rings. The van der Waals surface area contributed by atoms with Crippen molar-refractivity contribution in [2.24, 2.45) is 0 Å². The molecule has 1 atom stereocenters. The van der Waals surface area contributed by atoms with Crippen molar-refractivity contribution in [1.82, 2.24) is 4.98 Å². The molecular formula is C13H15N3O. The van der Waals surface area contributed by atoms with Crippen molar-refractivity contribution in [2.45, 2.75) is 12.5 Å². The van der Waals surface area contributed by atoms with Crippen molar-refractivity contribution in [3.05, 3.63) is 30.5 Å². The quantitative estimate of drug-likeness (QED) is 0.725. The van der Waals surface area contributed by atoms with Crippen LogP contribution in [0.3, 0.4) is 0 Å². The summed E-state index contributed by atoms with van der Waals surface area (Å²) in [4.78, 5) is 6.52. The number of nitrogens with two attached hydrogens (primary N) is 1. The first-order valence-electron chi connectivity index (χ1n) is 5.81. The smallest absolute Gasteiger partial charge is 0.0743 e. The molecule has 1 aliphatic heterocycles. The summed E-state index contributed by atoms with van der Waals surface area (Å²) in [5.74, 6) is 0. The largest absolute Gasteiger partial charge is 0.399 e. The van der Waals surface area contributed by atoms with E-state index in [2.05, 4.69) is 9.88 Å². The van der Waals surface area contributed by atoms with Gasteiger partial charge in [-0.25, -0.2) is 0 Å². The number of nitrogen functional groups attached to an aromatic ring is 1. The molecule has 2 heterocycles. The van der Waals surface area contributed by atoms with Gasteiger partial charge in [0.05, 0.1) is 11.6 Å². The lowest BCUT2D eigenvalue weighted by Crippen LogP contribution is -2.21. The minimum absolute atomic E-state index is 0.216. The van der Waals surface area contributed by atoms with Crippen LogP contribution in [0.2, 0.25) is 0 Å². The predicted octanol–water partition coefficient (Wildman–Crippen LogP) is 1.39. The molecule has 4 nitrogen and oxygen atoms in total. The standard InChI is InChI=1S/C13H15N3O/c14-9-1-2-11-12(7-9)15-5-3-13(11)16-6-4-10(17)8-16/h1-3,5,7,10,17H,4,6,8,14H2. The molecule has 0 saturated carbocycles. The molecule has 1 aliphatic rings. The number of aliphatic hydroxyl groups is 1. The van der Waals surface area contributed by atoms with E-state index in [9.17, 15) is 5.11 Å². The molecule has 0 spiro atoms. The van der Waals surface area contributed by atoms with E-state index in [1.165, 1.54) is 0 Å². The molecule has 1 aromatic heterocycles. The minimum Gasteiger partial charge on any atom is -0.399 e. The second-order valence-electron chi connectivity index (χ2n) is 4.50. The molecule has 1 aromatic carbocycles. The summed E-state index contributed by atoms with van der Waals surface area (Å²) in [6.07, 6.45) is 2.41. The summed E-state index contributed by atoms with van der Waals surface area (Å²) >= 11 is 0. The van der Waals surface area contributed by atoms with Crippen LogP contribution in [0.4, 0.5) is 11.4 Å². The van der Waals surface area contributed by atoms with Crippen LogP contribution in [0, 0.1) is 0 Å². The average molecular weight is 229 g/mol. The highest BCUT2D eigenvalue weighted by Gasteiger charge is 2.21. The summed E-state index contributed by atoms with van der Waals surface area (Å²) in [6.45, 7) is 1.59. The number of pyridine rings is 1. The van der Waals surface area contributed by atoms with Gasteiger partial charge in [0.2, 0.25) is 0 Å². The molecular weight excluding hydrogens is 214 g/mol. The lowest BCUT2D eigenvalue weighted by Gasteiger charge is -2.19. The number of aromatic nitrogens is 1. The Hall–Kier alpha value is -1.81. The molecule has 3 rings (SSSR count). The second-order valence-corrected chi connectivity index (χ2v) is 4.50. The van der Waals surface area contributed by atoms with Crippen LogP contribution >= 0.6 is 0 Å².